The number of hydrogen-bond acceptors (Lipinski definition) is 4. The number of nitrogens with zero attached hydrogens (tertiary/aromatic N) is 2. The monoisotopic (exact) mass is 317 g/mol. The first-order valence-electron chi connectivity index (χ1n) is 5.67. The van der Waals surface area contributed by atoms with Crippen molar-refractivity contribution in [2.24, 2.45) is 0 Å². The van der Waals surface area contributed by atoms with Crippen LogP contribution in [-0.2, 0) is 0 Å². The second-order valence-electron chi connectivity index (χ2n) is 4.30. The van der Waals surface area contributed by atoms with Crippen LogP contribution < -0.4 is 5.32 Å². The highest BCUT2D eigenvalue weighted by molar-refractivity contribution is 7.15. The molecule has 1 aromatic heterocycles. The molecule has 1 N–H and O–H groups in total. The molecule has 8 heteroatoms. The van der Waals surface area contributed by atoms with Crippen LogP contribution in [0.15, 0.2) is 12.1 Å². The molecular weight excluding hydrogens is 308 g/mol. The lowest BCUT2D eigenvalue weighted by Gasteiger charge is -2.04. The van der Waals surface area contributed by atoms with E-state index in [1.807, 2.05) is 13.8 Å². The highest BCUT2D eigenvalue weighted by atomic mass is 35.5. The first-order valence-corrected chi connectivity index (χ1v) is 6.87. The van der Waals surface area contributed by atoms with Gasteiger partial charge >= 0.3 is 0 Å². The molecule has 0 aliphatic rings. The summed E-state index contributed by atoms with van der Waals surface area (Å²) in [5, 5.41) is 11.0. The zero-order valence-corrected chi connectivity index (χ0v) is 12.1. The van der Waals surface area contributed by atoms with E-state index in [0.717, 1.165) is 17.1 Å². The number of amides is 1. The van der Waals surface area contributed by atoms with Gasteiger partial charge in [-0.25, -0.2) is 8.78 Å². The fourth-order valence-corrected chi connectivity index (χ4v) is 2.36. The summed E-state index contributed by atoms with van der Waals surface area (Å²) in [6.07, 6.45) is 0. The molecule has 0 unspecified atom stereocenters. The Morgan fingerprint density at radius 1 is 1.30 bits per heavy atom. The van der Waals surface area contributed by atoms with Crippen LogP contribution in [0.25, 0.3) is 0 Å². The van der Waals surface area contributed by atoms with Crippen molar-refractivity contribution >= 4 is 34.0 Å². The molecule has 0 aliphatic carbocycles. The predicted octanol–water partition coefficient (Wildman–Crippen LogP) is 3.85. The molecule has 2 rings (SSSR count). The maximum absolute atomic E-state index is 13.1. The molecule has 20 heavy (non-hydrogen) atoms. The van der Waals surface area contributed by atoms with Crippen LogP contribution in [0.2, 0.25) is 5.02 Å². The van der Waals surface area contributed by atoms with Crippen LogP contribution in [0.3, 0.4) is 0 Å². The standard InChI is InChI=1S/C12H10ClF2N3OS/c1-5(2)11-17-18-12(20-11)16-10(19)6-3-8(14)9(15)4-7(6)13/h3-5H,1-2H3,(H,16,18,19). The second-order valence-corrected chi connectivity index (χ2v) is 5.72. The average molecular weight is 318 g/mol. The highest BCUT2D eigenvalue weighted by Crippen LogP contribution is 2.25. The van der Waals surface area contributed by atoms with Gasteiger partial charge in [0.1, 0.15) is 5.01 Å². The van der Waals surface area contributed by atoms with Gasteiger partial charge in [-0.15, -0.1) is 10.2 Å². The molecular formula is C12H10ClF2N3OS. The minimum absolute atomic E-state index is 0.160. The first kappa shape index (κ1) is 14.8. The number of carbonyl (C=O) groups excluding carboxylic acids is 1. The van der Waals surface area contributed by atoms with Gasteiger partial charge in [0.2, 0.25) is 5.13 Å². The molecule has 4 nitrogen and oxygen atoms in total. The van der Waals surface area contributed by atoms with Crippen molar-refractivity contribution in [3.8, 4) is 0 Å². The van der Waals surface area contributed by atoms with E-state index in [2.05, 4.69) is 15.5 Å². The van der Waals surface area contributed by atoms with Crippen LogP contribution in [0.5, 0.6) is 0 Å². The Morgan fingerprint density at radius 2 is 1.95 bits per heavy atom. The molecule has 0 saturated heterocycles. The van der Waals surface area contributed by atoms with Crippen molar-refractivity contribution in [1.29, 1.82) is 0 Å². The summed E-state index contributed by atoms with van der Waals surface area (Å²) in [6.45, 7) is 3.89. The van der Waals surface area contributed by atoms with Crippen LogP contribution in [0.4, 0.5) is 13.9 Å². The van der Waals surface area contributed by atoms with Crippen LogP contribution in [0.1, 0.15) is 35.1 Å². The number of hydrogen-bond donors (Lipinski definition) is 1. The zero-order chi connectivity index (χ0) is 14.9. The van der Waals surface area contributed by atoms with E-state index in [1.54, 1.807) is 0 Å². The Kier molecular flexibility index (Phi) is 4.29. The number of rotatable bonds is 3. The second kappa shape index (κ2) is 5.80. The third-order valence-electron chi connectivity index (χ3n) is 2.41. The maximum Gasteiger partial charge on any atom is 0.259 e. The summed E-state index contributed by atoms with van der Waals surface area (Å²) >= 11 is 6.93. The summed E-state index contributed by atoms with van der Waals surface area (Å²) < 4.78 is 26.1. The van der Waals surface area contributed by atoms with Gasteiger partial charge in [-0.3, -0.25) is 10.1 Å². The van der Waals surface area contributed by atoms with E-state index in [-0.39, 0.29) is 21.6 Å². The summed E-state index contributed by atoms with van der Waals surface area (Å²) in [6, 6.07) is 1.50. The lowest BCUT2D eigenvalue weighted by molar-refractivity contribution is 0.102. The number of nitrogens with one attached hydrogen (secondary N) is 1. The van der Waals surface area contributed by atoms with E-state index in [1.165, 1.54) is 11.3 Å². The smallest absolute Gasteiger partial charge is 0.259 e. The summed E-state index contributed by atoms with van der Waals surface area (Å²) in [5.41, 5.74) is -0.160. The molecule has 1 amide bonds. The number of benzene rings is 1. The molecule has 1 aromatic carbocycles. The molecule has 0 aliphatic heterocycles. The third kappa shape index (κ3) is 3.10. The lowest BCUT2D eigenvalue weighted by Crippen LogP contribution is -2.13. The van der Waals surface area contributed by atoms with Crippen molar-refractivity contribution in [3.63, 3.8) is 0 Å². The van der Waals surface area contributed by atoms with Crippen molar-refractivity contribution < 1.29 is 13.6 Å². The summed E-state index contributed by atoms with van der Waals surface area (Å²) in [5.74, 6) is -2.73. The zero-order valence-electron chi connectivity index (χ0n) is 10.6. The van der Waals surface area contributed by atoms with E-state index in [4.69, 9.17) is 11.6 Å². The molecule has 0 radical (unpaired) electrons. The average Bonchev–Trinajstić information content (AvgIpc) is 2.82. The quantitative estimate of drug-likeness (QED) is 0.875. The van der Waals surface area contributed by atoms with Gasteiger partial charge in [0.25, 0.3) is 5.91 Å². The third-order valence-corrected chi connectivity index (χ3v) is 3.86. The van der Waals surface area contributed by atoms with E-state index < -0.39 is 17.5 Å². The van der Waals surface area contributed by atoms with Crippen molar-refractivity contribution in [3.05, 3.63) is 39.4 Å². The predicted molar refractivity (Wildman–Crippen MR) is 73.3 cm³/mol. The van der Waals surface area contributed by atoms with E-state index in [9.17, 15) is 13.6 Å². The molecule has 0 fully saturated rings. The maximum atomic E-state index is 13.1. The van der Waals surface area contributed by atoms with Gasteiger partial charge < -0.3 is 0 Å². The van der Waals surface area contributed by atoms with Crippen molar-refractivity contribution in [1.82, 2.24) is 10.2 Å². The summed E-state index contributed by atoms with van der Waals surface area (Å²) in [7, 11) is 0. The molecule has 0 bridgehead atoms. The minimum Gasteiger partial charge on any atom is -0.296 e. The molecule has 106 valence electrons. The van der Waals surface area contributed by atoms with Gasteiger partial charge in [-0.05, 0) is 12.1 Å². The molecule has 1 heterocycles. The van der Waals surface area contributed by atoms with Gasteiger partial charge in [0, 0.05) is 5.92 Å². The normalized spacial score (nSPS) is 10.9. The van der Waals surface area contributed by atoms with Gasteiger partial charge in [-0.2, -0.15) is 0 Å². The van der Waals surface area contributed by atoms with E-state index >= 15 is 0 Å². The summed E-state index contributed by atoms with van der Waals surface area (Å²) in [4.78, 5) is 11.9. The largest absolute Gasteiger partial charge is 0.296 e. The topological polar surface area (TPSA) is 54.9 Å². The van der Waals surface area contributed by atoms with Gasteiger partial charge in [0.15, 0.2) is 11.6 Å². The molecule has 0 saturated carbocycles. The van der Waals surface area contributed by atoms with E-state index in [0.29, 0.717) is 0 Å². The van der Waals surface area contributed by atoms with Crippen LogP contribution in [0, 0.1) is 11.6 Å². The van der Waals surface area contributed by atoms with Gasteiger partial charge in [0.05, 0.1) is 10.6 Å². The highest BCUT2D eigenvalue weighted by Gasteiger charge is 2.17. The van der Waals surface area contributed by atoms with Crippen molar-refractivity contribution in [2.45, 2.75) is 19.8 Å². The van der Waals surface area contributed by atoms with Crippen molar-refractivity contribution in [2.75, 3.05) is 5.32 Å². The lowest BCUT2D eigenvalue weighted by atomic mass is 10.2. The minimum atomic E-state index is -1.14. The molecule has 2 aromatic rings. The van der Waals surface area contributed by atoms with Crippen LogP contribution in [-0.4, -0.2) is 16.1 Å². The Hall–Kier alpha value is -1.60. The Morgan fingerprint density at radius 3 is 2.55 bits per heavy atom. The Bertz CT molecular complexity index is 660. The van der Waals surface area contributed by atoms with Crippen LogP contribution >= 0.6 is 22.9 Å². The molecule has 0 atom stereocenters. The Balaban J connectivity index is 2.21. The molecule has 0 spiro atoms. The number of halogens is 3. The SMILES string of the molecule is CC(C)c1nnc(NC(=O)c2cc(F)c(F)cc2Cl)s1. The number of carbonyl (C=O) groups is 1. The number of aromatic nitrogens is 2. The number of anilines is 1. The first-order chi connectivity index (χ1) is 9.38. The van der Waals surface area contributed by atoms with Gasteiger partial charge in [-0.1, -0.05) is 36.8 Å². The fraction of sp³-hybridized carbons (Fsp3) is 0.250. The fourth-order valence-electron chi connectivity index (χ4n) is 1.38. The Labute approximate surface area is 122 Å².